The van der Waals surface area contributed by atoms with Crippen LogP contribution in [0.2, 0.25) is 0 Å². The fourth-order valence-corrected chi connectivity index (χ4v) is 2.07. The molecule has 0 atom stereocenters. The number of amides is 2. The molecule has 0 saturated carbocycles. The van der Waals surface area contributed by atoms with Gasteiger partial charge in [0.2, 0.25) is 5.91 Å². The molecule has 0 aliphatic heterocycles. The van der Waals surface area contributed by atoms with Crippen molar-refractivity contribution >= 4 is 22.6 Å². The van der Waals surface area contributed by atoms with Gasteiger partial charge in [-0.25, -0.2) is 0 Å². The molecule has 0 bridgehead atoms. The van der Waals surface area contributed by atoms with Crippen molar-refractivity contribution in [3.05, 3.63) is 42.0 Å². The summed E-state index contributed by atoms with van der Waals surface area (Å²) in [5.74, 6) is -0.814. The van der Waals surface area contributed by atoms with Crippen LogP contribution in [0.4, 0.5) is 0 Å². The SMILES string of the molecule is CC(C)NC(=O)CNC(=O)c1ccc2ccccc2c1O. The zero-order valence-electron chi connectivity index (χ0n) is 12.0. The standard InChI is InChI=1S/C16H18N2O3/c1-10(2)18-14(19)9-17-16(21)13-8-7-11-5-3-4-6-12(11)15(13)20/h3-8,10,20H,9H2,1-2H3,(H,17,21)(H,18,19). The topological polar surface area (TPSA) is 78.4 Å². The number of carbonyl (C=O) groups excluding carboxylic acids is 2. The highest BCUT2D eigenvalue weighted by Crippen LogP contribution is 2.28. The minimum Gasteiger partial charge on any atom is -0.506 e. The molecule has 110 valence electrons. The van der Waals surface area contributed by atoms with E-state index in [-0.39, 0.29) is 29.8 Å². The number of hydrogen-bond acceptors (Lipinski definition) is 3. The number of rotatable bonds is 4. The summed E-state index contributed by atoms with van der Waals surface area (Å²) in [5, 5.41) is 16.8. The van der Waals surface area contributed by atoms with E-state index in [0.717, 1.165) is 5.39 Å². The van der Waals surface area contributed by atoms with Gasteiger partial charge in [0.05, 0.1) is 12.1 Å². The van der Waals surface area contributed by atoms with Crippen molar-refractivity contribution in [1.82, 2.24) is 10.6 Å². The van der Waals surface area contributed by atoms with Gasteiger partial charge in [-0.3, -0.25) is 9.59 Å². The highest BCUT2D eigenvalue weighted by atomic mass is 16.3. The first-order valence-electron chi connectivity index (χ1n) is 6.77. The summed E-state index contributed by atoms with van der Waals surface area (Å²) in [6.45, 7) is 3.56. The minimum atomic E-state index is -0.475. The summed E-state index contributed by atoms with van der Waals surface area (Å²) >= 11 is 0. The maximum Gasteiger partial charge on any atom is 0.255 e. The molecule has 5 heteroatoms. The number of nitrogens with one attached hydrogen (secondary N) is 2. The Morgan fingerprint density at radius 3 is 2.57 bits per heavy atom. The largest absolute Gasteiger partial charge is 0.506 e. The average molecular weight is 286 g/mol. The lowest BCUT2D eigenvalue weighted by Gasteiger charge is -2.11. The van der Waals surface area contributed by atoms with Crippen LogP contribution in [-0.4, -0.2) is 29.5 Å². The Hall–Kier alpha value is -2.56. The maximum absolute atomic E-state index is 12.0. The Bertz CT molecular complexity index is 680. The molecular weight excluding hydrogens is 268 g/mol. The molecule has 3 N–H and O–H groups in total. The van der Waals surface area contributed by atoms with Gasteiger partial charge in [-0.1, -0.05) is 30.3 Å². The lowest BCUT2D eigenvalue weighted by Crippen LogP contribution is -2.39. The molecule has 0 aliphatic carbocycles. The van der Waals surface area contributed by atoms with Crippen molar-refractivity contribution in [2.45, 2.75) is 19.9 Å². The van der Waals surface area contributed by atoms with E-state index < -0.39 is 5.91 Å². The van der Waals surface area contributed by atoms with Crippen molar-refractivity contribution in [2.24, 2.45) is 0 Å². The first-order valence-corrected chi connectivity index (χ1v) is 6.77. The lowest BCUT2D eigenvalue weighted by molar-refractivity contribution is -0.120. The number of fused-ring (bicyclic) bond motifs is 1. The van der Waals surface area contributed by atoms with Gasteiger partial charge in [0.1, 0.15) is 5.75 Å². The van der Waals surface area contributed by atoms with E-state index in [1.54, 1.807) is 24.3 Å². The third-order valence-corrected chi connectivity index (χ3v) is 3.00. The number of phenolic OH excluding ortho intramolecular Hbond substituents is 1. The van der Waals surface area contributed by atoms with Crippen LogP contribution >= 0.6 is 0 Å². The van der Waals surface area contributed by atoms with E-state index in [0.29, 0.717) is 5.39 Å². The van der Waals surface area contributed by atoms with Crippen molar-refractivity contribution in [3.8, 4) is 5.75 Å². The van der Waals surface area contributed by atoms with Gasteiger partial charge >= 0.3 is 0 Å². The molecule has 0 spiro atoms. The number of aromatic hydroxyl groups is 1. The number of benzene rings is 2. The monoisotopic (exact) mass is 286 g/mol. The van der Waals surface area contributed by atoms with Crippen LogP contribution in [-0.2, 0) is 4.79 Å². The van der Waals surface area contributed by atoms with Crippen LogP contribution in [0.15, 0.2) is 36.4 Å². The quantitative estimate of drug-likeness (QED) is 0.802. The fraction of sp³-hybridized carbons (Fsp3) is 0.250. The van der Waals surface area contributed by atoms with Gasteiger partial charge < -0.3 is 15.7 Å². The Morgan fingerprint density at radius 2 is 1.86 bits per heavy atom. The van der Waals surface area contributed by atoms with Crippen molar-refractivity contribution in [3.63, 3.8) is 0 Å². The molecule has 0 fully saturated rings. The molecule has 2 aromatic carbocycles. The van der Waals surface area contributed by atoms with E-state index in [1.807, 2.05) is 26.0 Å². The van der Waals surface area contributed by atoms with E-state index in [4.69, 9.17) is 0 Å². The molecule has 0 aliphatic rings. The third-order valence-electron chi connectivity index (χ3n) is 3.00. The second-order valence-corrected chi connectivity index (χ2v) is 5.09. The summed E-state index contributed by atoms with van der Waals surface area (Å²) in [6, 6.07) is 10.6. The summed E-state index contributed by atoms with van der Waals surface area (Å²) in [5.41, 5.74) is 0.158. The number of carbonyl (C=O) groups is 2. The van der Waals surface area contributed by atoms with Crippen LogP contribution < -0.4 is 10.6 Å². The first kappa shape index (κ1) is 14.8. The van der Waals surface area contributed by atoms with E-state index in [2.05, 4.69) is 10.6 Å². The molecule has 5 nitrogen and oxygen atoms in total. The zero-order chi connectivity index (χ0) is 15.4. The predicted molar refractivity (Wildman–Crippen MR) is 81.2 cm³/mol. The molecule has 2 rings (SSSR count). The van der Waals surface area contributed by atoms with Crippen LogP contribution in [0.5, 0.6) is 5.75 Å². The number of hydrogen-bond donors (Lipinski definition) is 3. The Balaban J connectivity index is 2.13. The molecule has 0 heterocycles. The second kappa shape index (κ2) is 6.26. The molecule has 2 amide bonds. The van der Waals surface area contributed by atoms with Crippen LogP contribution in [0.1, 0.15) is 24.2 Å². The van der Waals surface area contributed by atoms with Crippen molar-refractivity contribution < 1.29 is 14.7 Å². The van der Waals surface area contributed by atoms with Crippen LogP contribution in [0, 0.1) is 0 Å². The number of phenols is 1. The molecule has 21 heavy (non-hydrogen) atoms. The zero-order valence-corrected chi connectivity index (χ0v) is 12.0. The smallest absolute Gasteiger partial charge is 0.255 e. The first-order chi connectivity index (χ1) is 9.99. The van der Waals surface area contributed by atoms with Gasteiger partial charge in [-0.2, -0.15) is 0 Å². The average Bonchev–Trinajstić information content (AvgIpc) is 2.45. The molecular formula is C16H18N2O3. The normalized spacial score (nSPS) is 10.6. The Morgan fingerprint density at radius 1 is 1.14 bits per heavy atom. The fourth-order valence-electron chi connectivity index (χ4n) is 2.07. The third kappa shape index (κ3) is 3.51. The van der Waals surface area contributed by atoms with E-state index in [1.165, 1.54) is 0 Å². The summed E-state index contributed by atoms with van der Waals surface area (Å²) in [6.07, 6.45) is 0. The van der Waals surface area contributed by atoms with Crippen LogP contribution in [0.25, 0.3) is 10.8 Å². The summed E-state index contributed by atoms with van der Waals surface area (Å²) in [7, 11) is 0. The highest BCUT2D eigenvalue weighted by Gasteiger charge is 2.14. The van der Waals surface area contributed by atoms with Gasteiger partial charge in [-0.05, 0) is 25.3 Å². The lowest BCUT2D eigenvalue weighted by atomic mass is 10.0. The maximum atomic E-state index is 12.0. The molecule has 0 radical (unpaired) electrons. The van der Waals surface area contributed by atoms with Crippen LogP contribution in [0.3, 0.4) is 0 Å². The molecule has 2 aromatic rings. The Kier molecular flexibility index (Phi) is 4.42. The van der Waals surface area contributed by atoms with Crippen molar-refractivity contribution in [1.29, 1.82) is 0 Å². The summed E-state index contributed by atoms with van der Waals surface area (Å²) in [4.78, 5) is 23.5. The Labute approximate surface area is 123 Å². The molecule has 0 aromatic heterocycles. The predicted octanol–water partition coefficient (Wildman–Crippen LogP) is 1.80. The van der Waals surface area contributed by atoms with Crippen molar-refractivity contribution in [2.75, 3.05) is 6.54 Å². The second-order valence-electron chi connectivity index (χ2n) is 5.09. The van der Waals surface area contributed by atoms with Gasteiger partial charge in [0, 0.05) is 11.4 Å². The van der Waals surface area contributed by atoms with E-state index >= 15 is 0 Å². The van der Waals surface area contributed by atoms with Gasteiger partial charge in [-0.15, -0.1) is 0 Å². The highest BCUT2D eigenvalue weighted by molar-refractivity contribution is 6.04. The summed E-state index contributed by atoms with van der Waals surface area (Å²) < 4.78 is 0. The van der Waals surface area contributed by atoms with Gasteiger partial charge in [0.25, 0.3) is 5.91 Å². The van der Waals surface area contributed by atoms with Gasteiger partial charge in [0.15, 0.2) is 0 Å². The molecule has 0 saturated heterocycles. The minimum absolute atomic E-state index is 0.0171. The molecule has 0 unspecified atom stereocenters. The van der Waals surface area contributed by atoms with E-state index in [9.17, 15) is 14.7 Å².